The van der Waals surface area contributed by atoms with E-state index < -0.39 is 0 Å². The van der Waals surface area contributed by atoms with Gasteiger partial charge >= 0.3 is 0 Å². The Morgan fingerprint density at radius 3 is 2.89 bits per heavy atom. The van der Waals surface area contributed by atoms with Crippen molar-refractivity contribution in [3.8, 4) is 0 Å². The van der Waals surface area contributed by atoms with Crippen LogP contribution in [0.25, 0.3) is 10.9 Å². The molecule has 0 fully saturated rings. The van der Waals surface area contributed by atoms with Crippen LogP contribution in [0.5, 0.6) is 0 Å². The van der Waals surface area contributed by atoms with Crippen molar-refractivity contribution in [2.45, 2.75) is 0 Å². The molecule has 1 aromatic carbocycles. The summed E-state index contributed by atoms with van der Waals surface area (Å²) in [6.07, 6.45) is 3.41. The lowest BCUT2D eigenvalue weighted by atomic mass is 10.2. The van der Waals surface area contributed by atoms with Gasteiger partial charge in [0.15, 0.2) is 0 Å². The van der Waals surface area contributed by atoms with Gasteiger partial charge < -0.3 is 10.3 Å². The Bertz CT molecular complexity index is 734. The fourth-order valence-electron chi connectivity index (χ4n) is 1.84. The number of nitrogens with one attached hydrogen (secondary N) is 2. The molecule has 0 spiro atoms. The lowest BCUT2D eigenvalue weighted by Gasteiger charge is -2.05. The fraction of sp³-hybridized carbons (Fsp3) is 0. The predicted octanol–water partition coefficient (Wildman–Crippen LogP) is 3.58. The standard InChI is InChI=1S/C14H10BrN3O/c15-13-4-1-10(8-17-13)14(19)18-11-2-3-12-9(7-11)5-6-16-12/h1-8,16H,(H,18,19). The van der Waals surface area contributed by atoms with Crippen molar-refractivity contribution in [1.82, 2.24) is 9.97 Å². The molecule has 2 heterocycles. The number of amides is 1. The number of aromatic nitrogens is 2. The Morgan fingerprint density at radius 1 is 1.21 bits per heavy atom. The van der Waals surface area contributed by atoms with Gasteiger partial charge in [0.2, 0.25) is 0 Å². The minimum atomic E-state index is -0.171. The summed E-state index contributed by atoms with van der Waals surface area (Å²) in [6.45, 7) is 0. The smallest absolute Gasteiger partial charge is 0.257 e. The van der Waals surface area contributed by atoms with Crippen LogP contribution in [-0.4, -0.2) is 15.9 Å². The molecule has 5 heteroatoms. The third-order valence-electron chi connectivity index (χ3n) is 2.80. The number of rotatable bonds is 2. The Balaban J connectivity index is 1.83. The van der Waals surface area contributed by atoms with E-state index in [2.05, 4.69) is 31.2 Å². The number of halogens is 1. The van der Waals surface area contributed by atoms with Crippen LogP contribution in [0.1, 0.15) is 10.4 Å². The van der Waals surface area contributed by atoms with E-state index >= 15 is 0 Å². The summed E-state index contributed by atoms with van der Waals surface area (Å²) in [5, 5.41) is 3.91. The number of hydrogen-bond donors (Lipinski definition) is 2. The average Bonchev–Trinajstić information content (AvgIpc) is 2.87. The van der Waals surface area contributed by atoms with Crippen molar-refractivity contribution < 1.29 is 4.79 Å². The highest BCUT2D eigenvalue weighted by molar-refractivity contribution is 9.10. The van der Waals surface area contributed by atoms with Gasteiger partial charge in [-0.15, -0.1) is 0 Å². The van der Waals surface area contributed by atoms with E-state index in [1.165, 1.54) is 6.20 Å². The first-order valence-corrected chi connectivity index (χ1v) is 6.52. The minimum absolute atomic E-state index is 0.171. The maximum atomic E-state index is 12.0. The summed E-state index contributed by atoms with van der Waals surface area (Å²) in [5.74, 6) is -0.171. The highest BCUT2D eigenvalue weighted by atomic mass is 79.9. The van der Waals surface area contributed by atoms with Crippen LogP contribution in [0, 0.1) is 0 Å². The third-order valence-corrected chi connectivity index (χ3v) is 3.27. The monoisotopic (exact) mass is 315 g/mol. The molecule has 2 aromatic heterocycles. The summed E-state index contributed by atoms with van der Waals surface area (Å²) < 4.78 is 0.706. The number of carbonyl (C=O) groups excluding carboxylic acids is 1. The SMILES string of the molecule is O=C(Nc1ccc2[nH]ccc2c1)c1ccc(Br)nc1. The number of H-pyrrole nitrogens is 1. The second-order valence-electron chi connectivity index (χ2n) is 4.10. The molecule has 3 aromatic rings. The molecule has 2 N–H and O–H groups in total. The van der Waals surface area contributed by atoms with Gasteiger partial charge in [0.05, 0.1) is 5.56 Å². The summed E-state index contributed by atoms with van der Waals surface area (Å²) in [7, 11) is 0. The number of carbonyl (C=O) groups is 1. The number of benzene rings is 1. The first kappa shape index (κ1) is 11.9. The van der Waals surface area contributed by atoms with E-state index in [0.717, 1.165) is 16.6 Å². The second kappa shape index (κ2) is 4.85. The quantitative estimate of drug-likeness (QED) is 0.710. The lowest BCUT2D eigenvalue weighted by molar-refractivity contribution is 0.102. The maximum absolute atomic E-state index is 12.0. The Kier molecular flexibility index (Phi) is 3.05. The number of pyridine rings is 1. The summed E-state index contributed by atoms with van der Waals surface area (Å²) in [6, 6.07) is 11.2. The van der Waals surface area contributed by atoms with Crippen LogP contribution in [0.2, 0.25) is 0 Å². The summed E-state index contributed by atoms with van der Waals surface area (Å²) >= 11 is 3.24. The van der Waals surface area contributed by atoms with Crippen molar-refractivity contribution in [3.05, 3.63) is 59.0 Å². The molecule has 19 heavy (non-hydrogen) atoms. The van der Waals surface area contributed by atoms with Crippen LogP contribution in [0.3, 0.4) is 0 Å². The molecular weight excluding hydrogens is 306 g/mol. The topological polar surface area (TPSA) is 57.8 Å². The Hall–Kier alpha value is -2.14. The molecule has 0 saturated carbocycles. The number of fused-ring (bicyclic) bond motifs is 1. The van der Waals surface area contributed by atoms with Gasteiger partial charge in [-0.05, 0) is 52.3 Å². The van der Waals surface area contributed by atoms with Crippen molar-refractivity contribution in [1.29, 1.82) is 0 Å². The Labute approximate surface area is 118 Å². The van der Waals surface area contributed by atoms with E-state index in [-0.39, 0.29) is 5.91 Å². The average molecular weight is 316 g/mol. The van der Waals surface area contributed by atoms with Gasteiger partial charge in [0, 0.05) is 29.0 Å². The fourth-order valence-corrected chi connectivity index (χ4v) is 2.08. The number of nitrogens with zero attached hydrogens (tertiary/aromatic N) is 1. The van der Waals surface area contributed by atoms with Crippen LogP contribution in [0.4, 0.5) is 5.69 Å². The van der Waals surface area contributed by atoms with Gasteiger partial charge in [0.25, 0.3) is 5.91 Å². The molecule has 3 rings (SSSR count). The van der Waals surface area contributed by atoms with Crippen molar-refractivity contribution in [3.63, 3.8) is 0 Å². The molecule has 1 amide bonds. The highest BCUT2D eigenvalue weighted by Gasteiger charge is 2.07. The molecule has 0 aliphatic heterocycles. The molecule has 4 nitrogen and oxygen atoms in total. The molecule has 94 valence electrons. The highest BCUT2D eigenvalue weighted by Crippen LogP contribution is 2.18. The zero-order chi connectivity index (χ0) is 13.2. The third kappa shape index (κ3) is 2.51. The minimum Gasteiger partial charge on any atom is -0.361 e. The summed E-state index contributed by atoms with van der Waals surface area (Å²) in [5.41, 5.74) is 2.33. The van der Waals surface area contributed by atoms with Crippen LogP contribution in [-0.2, 0) is 0 Å². The Morgan fingerprint density at radius 2 is 2.11 bits per heavy atom. The van der Waals surface area contributed by atoms with E-state index in [0.29, 0.717) is 10.2 Å². The zero-order valence-corrected chi connectivity index (χ0v) is 11.4. The largest absolute Gasteiger partial charge is 0.361 e. The molecule has 0 radical (unpaired) electrons. The number of hydrogen-bond acceptors (Lipinski definition) is 2. The van der Waals surface area contributed by atoms with E-state index in [1.54, 1.807) is 12.1 Å². The zero-order valence-electron chi connectivity index (χ0n) is 9.85. The van der Waals surface area contributed by atoms with E-state index in [4.69, 9.17) is 0 Å². The first-order chi connectivity index (χ1) is 9.22. The van der Waals surface area contributed by atoms with Gasteiger partial charge in [-0.1, -0.05) is 0 Å². The van der Waals surface area contributed by atoms with Gasteiger partial charge in [-0.25, -0.2) is 4.98 Å². The van der Waals surface area contributed by atoms with Crippen LogP contribution in [0.15, 0.2) is 53.4 Å². The molecule has 0 aliphatic carbocycles. The van der Waals surface area contributed by atoms with Gasteiger partial charge in [-0.2, -0.15) is 0 Å². The maximum Gasteiger partial charge on any atom is 0.257 e. The molecule has 0 aliphatic rings. The van der Waals surface area contributed by atoms with Crippen molar-refractivity contribution >= 4 is 38.4 Å². The molecule has 0 bridgehead atoms. The normalized spacial score (nSPS) is 10.6. The molecule has 0 unspecified atom stereocenters. The van der Waals surface area contributed by atoms with Gasteiger partial charge in [0.1, 0.15) is 4.60 Å². The first-order valence-electron chi connectivity index (χ1n) is 5.72. The molecule has 0 atom stereocenters. The van der Waals surface area contributed by atoms with Crippen LogP contribution >= 0.6 is 15.9 Å². The molecular formula is C14H10BrN3O. The summed E-state index contributed by atoms with van der Waals surface area (Å²) in [4.78, 5) is 19.2. The van der Waals surface area contributed by atoms with Crippen LogP contribution < -0.4 is 5.32 Å². The predicted molar refractivity (Wildman–Crippen MR) is 78.2 cm³/mol. The van der Waals surface area contributed by atoms with Crippen molar-refractivity contribution in [2.24, 2.45) is 0 Å². The number of aromatic amines is 1. The van der Waals surface area contributed by atoms with Gasteiger partial charge in [-0.3, -0.25) is 4.79 Å². The molecule has 0 saturated heterocycles. The second-order valence-corrected chi connectivity index (χ2v) is 4.92. The van der Waals surface area contributed by atoms with E-state index in [1.807, 2.05) is 30.5 Å². The van der Waals surface area contributed by atoms with Crippen molar-refractivity contribution in [2.75, 3.05) is 5.32 Å². The van der Waals surface area contributed by atoms with E-state index in [9.17, 15) is 4.79 Å². The lowest BCUT2D eigenvalue weighted by Crippen LogP contribution is -2.11. The number of anilines is 1.